The SMILES string of the molecule is O=COP(=O)(OO)OC12COP(OC1)OC2. The fourth-order valence-electron chi connectivity index (χ4n) is 1.17. The Morgan fingerprint density at radius 3 is 2.31 bits per heavy atom. The van der Waals surface area contributed by atoms with E-state index in [4.69, 9.17) is 23.4 Å². The predicted octanol–water partition coefficient (Wildman–Crippen LogP) is 0.816. The Morgan fingerprint density at radius 2 is 1.88 bits per heavy atom. The van der Waals surface area contributed by atoms with Crippen LogP contribution in [0.25, 0.3) is 0 Å². The highest BCUT2D eigenvalue weighted by molar-refractivity contribution is 7.48. The highest BCUT2D eigenvalue weighted by atomic mass is 31.2. The van der Waals surface area contributed by atoms with Crippen molar-refractivity contribution in [3.05, 3.63) is 0 Å². The first-order valence-electron chi connectivity index (χ1n) is 4.06. The molecule has 0 aliphatic carbocycles. The van der Waals surface area contributed by atoms with Crippen LogP contribution >= 0.6 is 16.4 Å². The molecule has 0 spiro atoms. The summed E-state index contributed by atoms with van der Waals surface area (Å²) in [5, 5.41) is 8.38. The van der Waals surface area contributed by atoms with E-state index in [0.717, 1.165) is 0 Å². The molecule has 3 saturated heterocycles. The lowest BCUT2D eigenvalue weighted by molar-refractivity contribution is -0.195. The van der Waals surface area contributed by atoms with Crippen LogP contribution in [-0.4, -0.2) is 37.2 Å². The molecular weight excluding hydrogens is 266 g/mol. The molecule has 0 radical (unpaired) electrons. The number of phosphoric ester groups is 1. The topological polar surface area (TPSA) is 110 Å². The Morgan fingerprint density at radius 1 is 1.31 bits per heavy atom. The molecule has 0 aromatic rings. The second-order valence-corrected chi connectivity index (χ2v) is 5.72. The average Bonchev–Trinajstić information content (AvgIpc) is 2.31. The summed E-state index contributed by atoms with van der Waals surface area (Å²) in [7, 11) is -5.74. The van der Waals surface area contributed by atoms with Crippen molar-refractivity contribution in [1.29, 1.82) is 0 Å². The monoisotopic (exact) mass is 274 g/mol. The Hall–Kier alpha value is -0.110. The third-order valence-electron chi connectivity index (χ3n) is 1.88. The maximum absolute atomic E-state index is 11.5. The molecule has 0 aromatic heterocycles. The van der Waals surface area contributed by atoms with Gasteiger partial charge in [-0.05, 0) is 0 Å². The van der Waals surface area contributed by atoms with Gasteiger partial charge in [0.15, 0.2) is 5.60 Å². The number of carbonyl (C=O) groups is 1. The first-order valence-corrected chi connectivity index (χ1v) is 6.62. The van der Waals surface area contributed by atoms with Gasteiger partial charge < -0.3 is 18.1 Å². The van der Waals surface area contributed by atoms with Crippen LogP contribution in [0.2, 0.25) is 0 Å². The molecule has 3 heterocycles. The van der Waals surface area contributed by atoms with Gasteiger partial charge in [-0.3, -0.25) is 9.32 Å². The van der Waals surface area contributed by atoms with Gasteiger partial charge in [0.1, 0.15) is 0 Å². The molecule has 1 N–H and O–H groups in total. The Bertz CT molecular complexity index is 297. The summed E-state index contributed by atoms with van der Waals surface area (Å²) in [6.45, 7) is -0.00837. The fraction of sp³-hybridized carbons (Fsp3) is 0.800. The van der Waals surface area contributed by atoms with Gasteiger partial charge >= 0.3 is 22.9 Å². The number of rotatable bonds is 5. The Kier molecular flexibility index (Phi) is 3.58. The molecule has 1 unspecified atom stereocenters. The molecule has 0 aromatic carbocycles. The standard InChI is InChI=1S/C5H8O9P2/c6-4-12-16(8,14-7)13-5-1-9-15(10-2-5)11-3-5/h4,7H,1-3H2. The molecule has 16 heavy (non-hydrogen) atoms. The summed E-state index contributed by atoms with van der Waals surface area (Å²) >= 11 is 0. The van der Waals surface area contributed by atoms with Gasteiger partial charge in [0.2, 0.25) is 0 Å². The summed E-state index contributed by atoms with van der Waals surface area (Å²) in [4.78, 5) is 10.1. The van der Waals surface area contributed by atoms with Crippen molar-refractivity contribution in [3.63, 3.8) is 0 Å². The quantitative estimate of drug-likeness (QED) is 0.337. The fourth-order valence-corrected chi connectivity index (χ4v) is 3.27. The van der Waals surface area contributed by atoms with Crippen molar-refractivity contribution in [2.24, 2.45) is 0 Å². The van der Waals surface area contributed by atoms with Gasteiger partial charge in [-0.1, -0.05) is 0 Å². The number of carbonyl (C=O) groups excluding carboxylic acids is 1. The summed E-state index contributed by atoms with van der Waals surface area (Å²) in [6.07, 6.45) is 0. The van der Waals surface area contributed by atoms with Crippen molar-refractivity contribution >= 4 is 22.9 Å². The van der Waals surface area contributed by atoms with Crippen LogP contribution in [0.5, 0.6) is 0 Å². The minimum Gasteiger partial charge on any atom is -0.372 e. The first-order chi connectivity index (χ1) is 7.61. The van der Waals surface area contributed by atoms with Crippen LogP contribution in [0.15, 0.2) is 0 Å². The highest BCUT2D eigenvalue weighted by Crippen LogP contribution is 2.58. The largest absolute Gasteiger partial charge is 0.560 e. The first kappa shape index (κ1) is 12.3. The van der Waals surface area contributed by atoms with Crippen molar-refractivity contribution < 1.29 is 41.9 Å². The molecule has 3 aliphatic rings. The maximum atomic E-state index is 11.5. The number of hydrogen-bond donors (Lipinski definition) is 1. The summed E-state index contributed by atoms with van der Waals surface area (Å²) in [5.74, 6) is 0. The van der Waals surface area contributed by atoms with E-state index in [0.29, 0.717) is 0 Å². The average molecular weight is 274 g/mol. The van der Waals surface area contributed by atoms with Crippen molar-refractivity contribution in [1.82, 2.24) is 0 Å². The van der Waals surface area contributed by atoms with Gasteiger partial charge in [-0.2, -0.15) is 0 Å². The van der Waals surface area contributed by atoms with E-state index in [1.807, 2.05) is 0 Å². The lowest BCUT2D eigenvalue weighted by Crippen LogP contribution is -2.51. The van der Waals surface area contributed by atoms with Crippen LogP contribution in [-0.2, 0) is 36.7 Å². The molecule has 1 atom stereocenters. The van der Waals surface area contributed by atoms with Crippen LogP contribution in [0, 0.1) is 0 Å². The lowest BCUT2D eigenvalue weighted by Gasteiger charge is -2.43. The van der Waals surface area contributed by atoms with E-state index >= 15 is 0 Å². The maximum Gasteiger partial charge on any atom is 0.560 e. The van der Waals surface area contributed by atoms with E-state index < -0.39 is 22.0 Å². The Balaban J connectivity index is 2.06. The lowest BCUT2D eigenvalue weighted by atomic mass is 10.1. The van der Waals surface area contributed by atoms with E-state index in [2.05, 4.69) is 9.20 Å². The van der Waals surface area contributed by atoms with Gasteiger partial charge in [0.25, 0.3) is 0 Å². The molecule has 92 valence electrons. The summed E-state index contributed by atoms with van der Waals surface area (Å²) in [6, 6.07) is 0. The molecule has 3 fully saturated rings. The molecule has 0 saturated carbocycles. The zero-order chi connectivity index (χ0) is 11.6. The summed E-state index contributed by atoms with van der Waals surface area (Å²) in [5.41, 5.74) is -1.21. The van der Waals surface area contributed by atoms with Gasteiger partial charge in [-0.25, -0.2) is 9.82 Å². The van der Waals surface area contributed by atoms with E-state index in [1.165, 1.54) is 0 Å². The second kappa shape index (κ2) is 4.64. The molecule has 11 heteroatoms. The van der Waals surface area contributed by atoms with Crippen molar-refractivity contribution in [2.75, 3.05) is 19.8 Å². The molecule has 9 nitrogen and oxygen atoms in total. The van der Waals surface area contributed by atoms with Gasteiger partial charge in [0.05, 0.1) is 19.8 Å². The number of hydrogen-bond acceptors (Lipinski definition) is 9. The van der Waals surface area contributed by atoms with E-state index in [-0.39, 0.29) is 26.3 Å². The van der Waals surface area contributed by atoms with Gasteiger partial charge in [-0.15, -0.1) is 4.67 Å². The third-order valence-corrected chi connectivity index (χ3v) is 4.05. The highest BCUT2D eigenvalue weighted by Gasteiger charge is 2.51. The third kappa shape index (κ3) is 2.42. The number of phosphoric acid groups is 1. The van der Waals surface area contributed by atoms with Crippen LogP contribution < -0.4 is 0 Å². The predicted molar refractivity (Wildman–Crippen MR) is 47.1 cm³/mol. The Labute approximate surface area is 91.1 Å². The zero-order valence-electron chi connectivity index (χ0n) is 7.81. The molecular formula is C5H8O9P2. The smallest absolute Gasteiger partial charge is 0.372 e. The number of fused-ring (bicyclic) bond motifs is 3. The normalized spacial score (nSPS) is 36.7. The molecule has 3 rings (SSSR count). The minimum absolute atomic E-state index is 0.0499. The van der Waals surface area contributed by atoms with E-state index in [1.54, 1.807) is 0 Å². The van der Waals surface area contributed by atoms with Crippen molar-refractivity contribution in [2.45, 2.75) is 5.60 Å². The van der Waals surface area contributed by atoms with Crippen LogP contribution in [0.3, 0.4) is 0 Å². The van der Waals surface area contributed by atoms with Crippen molar-refractivity contribution in [3.8, 4) is 0 Å². The van der Waals surface area contributed by atoms with Crippen LogP contribution in [0.1, 0.15) is 0 Å². The second-order valence-electron chi connectivity index (χ2n) is 3.05. The van der Waals surface area contributed by atoms with Crippen LogP contribution in [0.4, 0.5) is 0 Å². The molecule has 0 amide bonds. The zero-order valence-corrected chi connectivity index (χ0v) is 9.60. The van der Waals surface area contributed by atoms with E-state index in [9.17, 15) is 9.36 Å². The molecule has 2 bridgehead atoms. The minimum atomic E-state index is -4.37. The molecule has 3 aliphatic heterocycles. The summed E-state index contributed by atoms with van der Waals surface area (Å²) < 4.78 is 39.1. The van der Waals surface area contributed by atoms with Gasteiger partial charge in [0, 0.05) is 0 Å².